The van der Waals surface area contributed by atoms with Crippen LogP contribution in [0.1, 0.15) is 51.2 Å². The lowest BCUT2D eigenvalue weighted by Gasteiger charge is -1.99. The van der Waals surface area contributed by atoms with E-state index >= 15 is 0 Å². The van der Waals surface area contributed by atoms with Crippen LogP contribution in [-0.4, -0.2) is 0 Å². The SMILES string of the molecule is C=C(CC)c1ccccc1.CCC(=Cc1ccccc1)CC. The van der Waals surface area contributed by atoms with Crippen molar-refractivity contribution in [3.63, 3.8) is 0 Å². The summed E-state index contributed by atoms with van der Waals surface area (Å²) in [6, 6.07) is 20.8. The predicted octanol–water partition coefficient (Wildman–Crippen LogP) is 7.00. The zero-order valence-electron chi connectivity index (χ0n) is 14.2. The maximum Gasteiger partial charge on any atom is -0.0231 e. The number of benzene rings is 2. The summed E-state index contributed by atoms with van der Waals surface area (Å²) in [6.07, 6.45) is 5.63. The third-order valence-corrected chi connectivity index (χ3v) is 3.69. The van der Waals surface area contributed by atoms with Gasteiger partial charge in [-0.25, -0.2) is 0 Å². The molecular weight excluding hydrogens is 264 g/mol. The Bertz CT molecular complexity index is 556. The molecule has 0 fully saturated rings. The van der Waals surface area contributed by atoms with Crippen molar-refractivity contribution in [3.05, 3.63) is 83.9 Å². The first-order valence-corrected chi connectivity index (χ1v) is 8.18. The fourth-order valence-corrected chi connectivity index (χ4v) is 2.12. The summed E-state index contributed by atoms with van der Waals surface area (Å²) in [6.45, 7) is 10.5. The molecule has 2 aromatic rings. The zero-order chi connectivity index (χ0) is 16.2. The Morgan fingerprint density at radius 1 is 0.773 bits per heavy atom. The van der Waals surface area contributed by atoms with Crippen LogP contribution in [0.3, 0.4) is 0 Å². The van der Waals surface area contributed by atoms with Gasteiger partial charge in [0, 0.05) is 0 Å². The van der Waals surface area contributed by atoms with Crippen LogP contribution in [-0.2, 0) is 0 Å². The van der Waals surface area contributed by atoms with Gasteiger partial charge in [-0.3, -0.25) is 0 Å². The second kappa shape index (κ2) is 10.6. The van der Waals surface area contributed by atoms with Gasteiger partial charge in [-0.2, -0.15) is 0 Å². The van der Waals surface area contributed by atoms with Gasteiger partial charge in [0.2, 0.25) is 0 Å². The van der Waals surface area contributed by atoms with Gasteiger partial charge in [0.05, 0.1) is 0 Å². The molecule has 0 heteroatoms. The zero-order valence-corrected chi connectivity index (χ0v) is 14.2. The van der Waals surface area contributed by atoms with E-state index in [1.54, 1.807) is 0 Å². The summed E-state index contributed by atoms with van der Waals surface area (Å²) >= 11 is 0. The molecule has 0 bridgehead atoms. The van der Waals surface area contributed by atoms with Crippen LogP contribution in [0, 0.1) is 0 Å². The Morgan fingerprint density at radius 2 is 1.27 bits per heavy atom. The van der Waals surface area contributed by atoms with Crippen molar-refractivity contribution >= 4 is 11.6 Å². The summed E-state index contributed by atoms with van der Waals surface area (Å²) < 4.78 is 0. The largest absolute Gasteiger partial charge is 0.0952 e. The minimum Gasteiger partial charge on any atom is -0.0952 e. The molecule has 0 aliphatic heterocycles. The Hall–Kier alpha value is -2.08. The minimum atomic E-state index is 1.03. The third-order valence-electron chi connectivity index (χ3n) is 3.69. The fourth-order valence-electron chi connectivity index (χ4n) is 2.12. The molecule has 2 aromatic carbocycles. The lowest BCUT2D eigenvalue weighted by Crippen LogP contribution is -1.77. The first kappa shape index (κ1) is 18.0. The van der Waals surface area contributed by atoms with Gasteiger partial charge in [0.15, 0.2) is 0 Å². The van der Waals surface area contributed by atoms with Gasteiger partial charge in [-0.05, 0) is 36.0 Å². The van der Waals surface area contributed by atoms with Crippen LogP contribution in [0.25, 0.3) is 11.6 Å². The number of hydrogen-bond acceptors (Lipinski definition) is 0. The smallest absolute Gasteiger partial charge is 0.0231 e. The second-order valence-electron chi connectivity index (χ2n) is 5.24. The van der Waals surface area contributed by atoms with Crippen LogP contribution in [0.15, 0.2) is 72.8 Å². The normalized spacial score (nSPS) is 9.41. The summed E-state index contributed by atoms with van der Waals surface area (Å²) in [4.78, 5) is 0. The van der Waals surface area contributed by atoms with E-state index in [2.05, 4.69) is 75.9 Å². The van der Waals surface area contributed by atoms with Crippen LogP contribution in [0.4, 0.5) is 0 Å². The molecule has 116 valence electrons. The molecule has 0 heterocycles. The molecule has 0 saturated heterocycles. The molecule has 0 aromatic heterocycles. The molecule has 0 nitrogen and oxygen atoms in total. The van der Waals surface area contributed by atoms with Crippen LogP contribution in [0.2, 0.25) is 0 Å². The molecule has 0 spiro atoms. The van der Waals surface area contributed by atoms with E-state index in [-0.39, 0.29) is 0 Å². The summed E-state index contributed by atoms with van der Waals surface area (Å²) in [5.74, 6) is 0. The maximum atomic E-state index is 3.94. The summed E-state index contributed by atoms with van der Waals surface area (Å²) in [5, 5.41) is 0. The predicted molar refractivity (Wildman–Crippen MR) is 101 cm³/mol. The molecule has 0 amide bonds. The topological polar surface area (TPSA) is 0 Å². The van der Waals surface area contributed by atoms with Gasteiger partial charge in [-0.15, -0.1) is 0 Å². The van der Waals surface area contributed by atoms with E-state index in [1.165, 1.54) is 22.3 Å². The molecule has 0 N–H and O–H groups in total. The lowest BCUT2D eigenvalue weighted by atomic mass is 10.1. The van der Waals surface area contributed by atoms with Crippen molar-refractivity contribution in [2.45, 2.75) is 40.0 Å². The van der Waals surface area contributed by atoms with Crippen molar-refractivity contribution in [2.75, 3.05) is 0 Å². The van der Waals surface area contributed by atoms with Gasteiger partial charge in [0.1, 0.15) is 0 Å². The highest BCUT2D eigenvalue weighted by Gasteiger charge is 1.91. The van der Waals surface area contributed by atoms with Crippen molar-refractivity contribution in [2.24, 2.45) is 0 Å². The average molecular weight is 292 g/mol. The standard InChI is InChI=1S/C12H16.C10H12/c1-3-11(4-2)10-12-8-6-5-7-9-12;1-3-9(2)10-7-5-4-6-8-10/h5-10H,3-4H2,1-2H3;4-8H,2-3H2,1H3. The quantitative estimate of drug-likeness (QED) is 0.556. The average Bonchev–Trinajstić information content (AvgIpc) is 2.61. The Labute approximate surface area is 136 Å². The molecule has 0 saturated carbocycles. The fraction of sp³-hybridized carbons (Fsp3) is 0.273. The van der Waals surface area contributed by atoms with Gasteiger partial charge in [-0.1, -0.05) is 99.7 Å². The molecule has 0 radical (unpaired) electrons. The highest BCUT2D eigenvalue weighted by atomic mass is 14.0. The van der Waals surface area contributed by atoms with E-state index in [1.807, 2.05) is 18.2 Å². The van der Waals surface area contributed by atoms with Gasteiger partial charge < -0.3 is 0 Å². The van der Waals surface area contributed by atoms with Crippen molar-refractivity contribution in [3.8, 4) is 0 Å². The van der Waals surface area contributed by atoms with E-state index in [0.29, 0.717) is 0 Å². The monoisotopic (exact) mass is 292 g/mol. The first-order chi connectivity index (χ1) is 10.7. The molecule has 0 aliphatic rings. The number of hydrogen-bond donors (Lipinski definition) is 0. The van der Waals surface area contributed by atoms with E-state index in [0.717, 1.165) is 19.3 Å². The van der Waals surface area contributed by atoms with E-state index in [4.69, 9.17) is 0 Å². The molecule has 0 unspecified atom stereocenters. The maximum absolute atomic E-state index is 3.94. The number of allylic oxidation sites excluding steroid dienone is 2. The molecule has 0 atom stereocenters. The van der Waals surface area contributed by atoms with Gasteiger partial charge >= 0.3 is 0 Å². The highest BCUT2D eigenvalue weighted by molar-refractivity contribution is 5.62. The van der Waals surface area contributed by atoms with Crippen LogP contribution in [0.5, 0.6) is 0 Å². The van der Waals surface area contributed by atoms with Crippen LogP contribution < -0.4 is 0 Å². The van der Waals surface area contributed by atoms with E-state index < -0.39 is 0 Å². The molecule has 0 aliphatic carbocycles. The Balaban J connectivity index is 0.000000224. The Kier molecular flexibility index (Phi) is 8.67. The first-order valence-electron chi connectivity index (χ1n) is 8.18. The summed E-state index contributed by atoms with van der Waals surface area (Å²) in [5.41, 5.74) is 5.29. The summed E-state index contributed by atoms with van der Waals surface area (Å²) in [7, 11) is 0. The van der Waals surface area contributed by atoms with Crippen molar-refractivity contribution in [1.82, 2.24) is 0 Å². The molecule has 22 heavy (non-hydrogen) atoms. The van der Waals surface area contributed by atoms with Crippen LogP contribution >= 0.6 is 0 Å². The highest BCUT2D eigenvalue weighted by Crippen LogP contribution is 2.14. The lowest BCUT2D eigenvalue weighted by molar-refractivity contribution is 0.990. The minimum absolute atomic E-state index is 1.03. The second-order valence-corrected chi connectivity index (χ2v) is 5.24. The van der Waals surface area contributed by atoms with Crippen molar-refractivity contribution in [1.29, 1.82) is 0 Å². The van der Waals surface area contributed by atoms with Crippen molar-refractivity contribution < 1.29 is 0 Å². The molecular formula is C22H28. The van der Waals surface area contributed by atoms with E-state index in [9.17, 15) is 0 Å². The Morgan fingerprint density at radius 3 is 1.73 bits per heavy atom. The van der Waals surface area contributed by atoms with Gasteiger partial charge in [0.25, 0.3) is 0 Å². The number of rotatable bonds is 5. The third kappa shape index (κ3) is 6.58. The molecule has 2 rings (SSSR count).